The van der Waals surface area contributed by atoms with Gasteiger partial charge < -0.3 is 14.7 Å². The molecule has 6 heteroatoms. The molecule has 1 saturated heterocycles. The van der Waals surface area contributed by atoms with E-state index in [1.807, 2.05) is 43.3 Å². The van der Waals surface area contributed by atoms with E-state index in [9.17, 15) is 14.7 Å². The van der Waals surface area contributed by atoms with Crippen molar-refractivity contribution in [1.29, 1.82) is 0 Å². The van der Waals surface area contributed by atoms with Crippen LogP contribution in [0.1, 0.15) is 36.1 Å². The number of hydrogen-bond acceptors (Lipinski definition) is 5. The molecule has 0 radical (unpaired) electrons. The number of hydrogen-bond donors (Lipinski definition) is 1. The second-order valence-corrected chi connectivity index (χ2v) is 7.57. The van der Waals surface area contributed by atoms with Crippen molar-refractivity contribution in [2.24, 2.45) is 0 Å². The molecule has 2 heterocycles. The van der Waals surface area contributed by atoms with Crippen LogP contribution in [0.15, 0.2) is 84.7 Å². The summed E-state index contributed by atoms with van der Waals surface area (Å²) in [5.74, 6) is -0.828. The molecular formula is C26H24N2O4. The fraction of sp³-hybridized carbons (Fsp3) is 0.192. The second-order valence-electron chi connectivity index (χ2n) is 7.57. The number of benzene rings is 2. The smallest absolute Gasteiger partial charge is 0.295 e. The number of aliphatic hydroxyl groups excluding tert-OH is 1. The summed E-state index contributed by atoms with van der Waals surface area (Å²) in [6, 6.07) is 19.0. The van der Waals surface area contributed by atoms with E-state index >= 15 is 0 Å². The van der Waals surface area contributed by atoms with Crippen LogP contribution in [0.25, 0.3) is 5.76 Å². The number of aliphatic hydroxyl groups is 1. The first-order valence-electron chi connectivity index (χ1n) is 10.6. The number of Topliss-reactive ketones (excluding diaryl/α,β-unsaturated/α-hetero) is 1. The predicted molar refractivity (Wildman–Crippen MR) is 121 cm³/mol. The molecule has 0 spiro atoms. The molecule has 1 aromatic heterocycles. The predicted octanol–water partition coefficient (Wildman–Crippen LogP) is 4.49. The van der Waals surface area contributed by atoms with Gasteiger partial charge in [0.25, 0.3) is 11.7 Å². The minimum Gasteiger partial charge on any atom is -0.507 e. The average molecular weight is 428 g/mol. The molecule has 1 amide bonds. The van der Waals surface area contributed by atoms with Gasteiger partial charge in [0.05, 0.1) is 18.2 Å². The van der Waals surface area contributed by atoms with Gasteiger partial charge in [-0.05, 0) is 35.7 Å². The lowest BCUT2D eigenvalue weighted by molar-refractivity contribution is -0.140. The third-order valence-corrected chi connectivity index (χ3v) is 5.33. The van der Waals surface area contributed by atoms with Crippen LogP contribution in [0, 0.1) is 0 Å². The zero-order valence-electron chi connectivity index (χ0n) is 17.8. The topological polar surface area (TPSA) is 79.7 Å². The molecule has 1 aliphatic rings. The molecule has 32 heavy (non-hydrogen) atoms. The maximum Gasteiger partial charge on any atom is 0.295 e. The number of carbonyl (C=O) groups is 2. The lowest BCUT2D eigenvalue weighted by Gasteiger charge is -2.25. The first kappa shape index (κ1) is 21.3. The first-order chi connectivity index (χ1) is 15.6. The van der Waals surface area contributed by atoms with Gasteiger partial charge in [-0.15, -0.1) is 0 Å². The molecule has 0 bridgehead atoms. The monoisotopic (exact) mass is 428 g/mol. The Hall–Kier alpha value is -3.93. The van der Waals surface area contributed by atoms with Crippen LogP contribution in [0.4, 0.5) is 0 Å². The van der Waals surface area contributed by atoms with Gasteiger partial charge in [-0.3, -0.25) is 14.6 Å². The number of nitrogens with zero attached hydrogens (tertiary/aromatic N) is 2. The summed E-state index contributed by atoms with van der Waals surface area (Å²) < 4.78 is 5.66. The number of pyridine rings is 1. The zero-order chi connectivity index (χ0) is 22.5. The summed E-state index contributed by atoms with van der Waals surface area (Å²) in [6.45, 7) is 2.83. The Bertz CT molecular complexity index is 1130. The molecule has 0 unspecified atom stereocenters. The van der Waals surface area contributed by atoms with Crippen molar-refractivity contribution >= 4 is 17.4 Å². The standard InChI is InChI=1S/C26H24N2O4/c1-2-15-32-21-12-10-19(11-13-21)23-22(24(29)20-8-4-3-5-9-20)25(30)26(31)28(23)17-18-7-6-14-27-16-18/h3-14,16,23,29H,2,15,17H2,1H3/b24-22+/t23-/m1/s1. The highest BCUT2D eigenvalue weighted by atomic mass is 16.5. The third-order valence-electron chi connectivity index (χ3n) is 5.33. The Balaban J connectivity index is 1.79. The summed E-state index contributed by atoms with van der Waals surface area (Å²) in [7, 11) is 0. The number of amides is 1. The molecule has 2 aromatic carbocycles. The molecule has 4 rings (SSSR count). The van der Waals surface area contributed by atoms with E-state index in [0.717, 1.165) is 17.5 Å². The van der Waals surface area contributed by atoms with E-state index in [0.29, 0.717) is 17.9 Å². The number of ketones is 1. The van der Waals surface area contributed by atoms with Gasteiger partial charge in [-0.2, -0.15) is 0 Å². The Kier molecular flexibility index (Phi) is 6.31. The number of aromatic nitrogens is 1. The normalized spacial score (nSPS) is 17.5. The van der Waals surface area contributed by atoms with E-state index in [4.69, 9.17) is 4.74 Å². The highest BCUT2D eigenvalue weighted by molar-refractivity contribution is 6.46. The van der Waals surface area contributed by atoms with Gasteiger partial charge in [0.1, 0.15) is 11.5 Å². The van der Waals surface area contributed by atoms with E-state index in [1.165, 1.54) is 4.90 Å². The van der Waals surface area contributed by atoms with Crippen LogP contribution >= 0.6 is 0 Å². The van der Waals surface area contributed by atoms with Gasteiger partial charge in [-0.25, -0.2) is 0 Å². The summed E-state index contributed by atoms with van der Waals surface area (Å²) in [5.41, 5.74) is 2.07. The van der Waals surface area contributed by atoms with Crippen molar-refractivity contribution in [2.45, 2.75) is 25.9 Å². The SMILES string of the molecule is CCCOc1ccc([C@@H]2/C(=C(\O)c3ccccc3)C(=O)C(=O)N2Cc2cccnc2)cc1. The molecular weight excluding hydrogens is 404 g/mol. The van der Waals surface area contributed by atoms with Crippen molar-refractivity contribution in [3.63, 3.8) is 0 Å². The van der Waals surface area contributed by atoms with Crippen LogP contribution in [0.3, 0.4) is 0 Å². The van der Waals surface area contributed by atoms with Crippen molar-refractivity contribution in [2.75, 3.05) is 6.61 Å². The summed E-state index contributed by atoms with van der Waals surface area (Å²) in [5, 5.41) is 11.0. The number of carbonyl (C=O) groups excluding carboxylic acids is 2. The van der Waals surface area contributed by atoms with Crippen molar-refractivity contribution in [3.8, 4) is 5.75 Å². The summed E-state index contributed by atoms with van der Waals surface area (Å²) in [4.78, 5) is 31.7. The van der Waals surface area contributed by atoms with E-state index in [-0.39, 0.29) is 17.9 Å². The van der Waals surface area contributed by atoms with E-state index < -0.39 is 17.7 Å². The molecule has 1 atom stereocenters. The molecule has 0 saturated carbocycles. The zero-order valence-corrected chi connectivity index (χ0v) is 17.8. The van der Waals surface area contributed by atoms with E-state index in [2.05, 4.69) is 4.98 Å². The molecule has 0 aliphatic carbocycles. The summed E-state index contributed by atoms with van der Waals surface area (Å²) >= 11 is 0. The number of likely N-dealkylation sites (tertiary alicyclic amines) is 1. The lowest BCUT2D eigenvalue weighted by atomic mass is 9.95. The van der Waals surface area contributed by atoms with Crippen LogP contribution in [-0.4, -0.2) is 33.3 Å². The number of rotatable bonds is 7. The summed E-state index contributed by atoms with van der Waals surface area (Å²) in [6.07, 6.45) is 4.21. The average Bonchev–Trinajstić information content (AvgIpc) is 3.08. The lowest BCUT2D eigenvalue weighted by Crippen LogP contribution is -2.29. The van der Waals surface area contributed by atoms with Gasteiger partial charge in [0.15, 0.2) is 0 Å². The van der Waals surface area contributed by atoms with Gasteiger partial charge in [-0.1, -0.05) is 55.5 Å². The van der Waals surface area contributed by atoms with Crippen molar-refractivity contribution in [1.82, 2.24) is 9.88 Å². The first-order valence-corrected chi connectivity index (χ1v) is 10.6. The molecule has 1 N–H and O–H groups in total. The molecule has 1 aliphatic heterocycles. The molecule has 6 nitrogen and oxygen atoms in total. The van der Waals surface area contributed by atoms with Crippen LogP contribution in [0.5, 0.6) is 5.75 Å². The highest BCUT2D eigenvalue weighted by Crippen LogP contribution is 2.40. The van der Waals surface area contributed by atoms with Crippen molar-refractivity contribution < 1.29 is 19.4 Å². The molecule has 162 valence electrons. The fourth-order valence-corrected chi connectivity index (χ4v) is 3.80. The van der Waals surface area contributed by atoms with Crippen LogP contribution in [-0.2, 0) is 16.1 Å². The fourth-order valence-electron chi connectivity index (χ4n) is 3.80. The second kappa shape index (κ2) is 9.47. The minimum atomic E-state index is -0.726. The Morgan fingerprint density at radius 3 is 2.44 bits per heavy atom. The van der Waals surface area contributed by atoms with E-state index in [1.54, 1.807) is 42.7 Å². The molecule has 1 fully saturated rings. The van der Waals surface area contributed by atoms with Crippen LogP contribution < -0.4 is 4.74 Å². The maximum absolute atomic E-state index is 13.1. The molecule has 3 aromatic rings. The van der Waals surface area contributed by atoms with Gasteiger partial charge in [0.2, 0.25) is 0 Å². The Labute approximate surface area is 186 Å². The van der Waals surface area contributed by atoms with Crippen molar-refractivity contribution in [3.05, 3.63) is 101 Å². The van der Waals surface area contributed by atoms with Gasteiger partial charge in [0, 0.05) is 24.5 Å². The maximum atomic E-state index is 13.1. The largest absolute Gasteiger partial charge is 0.507 e. The Morgan fingerprint density at radius 1 is 1.03 bits per heavy atom. The third kappa shape index (κ3) is 4.25. The Morgan fingerprint density at radius 2 is 1.78 bits per heavy atom. The highest BCUT2D eigenvalue weighted by Gasteiger charge is 2.46. The van der Waals surface area contributed by atoms with Gasteiger partial charge >= 0.3 is 0 Å². The number of ether oxygens (including phenoxy) is 1. The minimum absolute atomic E-state index is 0.0762. The quantitative estimate of drug-likeness (QED) is 0.341. The van der Waals surface area contributed by atoms with Crippen LogP contribution in [0.2, 0.25) is 0 Å².